The van der Waals surface area contributed by atoms with Crippen molar-refractivity contribution in [1.82, 2.24) is 14.9 Å². The Morgan fingerprint density at radius 3 is 2.71 bits per heavy atom. The van der Waals surface area contributed by atoms with Gasteiger partial charge in [0, 0.05) is 0 Å². The maximum absolute atomic E-state index is 12.3. The fourth-order valence-corrected chi connectivity index (χ4v) is 2.69. The molecule has 3 N–H and O–H groups in total. The molecule has 1 aromatic carbocycles. The number of carboxylic acids is 1. The summed E-state index contributed by atoms with van der Waals surface area (Å²) in [5, 5.41) is 11.7. The topological polar surface area (TPSA) is 121 Å². The molecule has 1 heterocycles. The molecule has 2 rings (SSSR count). The van der Waals surface area contributed by atoms with E-state index in [0.717, 1.165) is 4.57 Å². The second-order valence-electron chi connectivity index (χ2n) is 5.11. The number of benzene rings is 1. The van der Waals surface area contributed by atoms with E-state index in [1.807, 2.05) is 6.26 Å². The minimum atomic E-state index is -1.16. The molecule has 2 aromatic rings. The summed E-state index contributed by atoms with van der Waals surface area (Å²) in [5.41, 5.74) is -0.933. The van der Waals surface area contributed by atoms with Crippen LogP contribution in [0.3, 0.4) is 0 Å². The number of hydrogen-bond acceptors (Lipinski definition) is 5. The van der Waals surface area contributed by atoms with E-state index in [1.54, 1.807) is 24.3 Å². The molecule has 128 valence electrons. The number of hydrogen-bond donors (Lipinski definition) is 3. The van der Waals surface area contributed by atoms with Gasteiger partial charge in [-0.05, 0) is 30.6 Å². The standard InChI is InChI=1S/C15H17N3O5S/c1-24-7-6-11(14(21)22)16-12(19)8-18-13(20)9-4-2-3-5-10(9)17-15(18)23/h2-5,11H,6-8H2,1H3,(H,16,19)(H,17,23)(H,21,22)/t11-/m0/s1. The Bertz CT molecular complexity index is 873. The molecule has 0 aliphatic heterocycles. The number of H-pyrrole nitrogens is 1. The average Bonchev–Trinajstić information content (AvgIpc) is 2.55. The van der Waals surface area contributed by atoms with E-state index in [1.165, 1.54) is 11.8 Å². The zero-order valence-corrected chi connectivity index (χ0v) is 13.8. The molecule has 0 unspecified atom stereocenters. The van der Waals surface area contributed by atoms with Gasteiger partial charge in [0.15, 0.2) is 0 Å². The number of fused-ring (bicyclic) bond motifs is 1. The number of aliphatic carboxylic acids is 1. The Hall–Kier alpha value is -2.55. The van der Waals surface area contributed by atoms with Gasteiger partial charge in [0.2, 0.25) is 5.91 Å². The Morgan fingerprint density at radius 1 is 1.33 bits per heavy atom. The number of amides is 1. The molecule has 8 nitrogen and oxygen atoms in total. The predicted molar refractivity (Wildman–Crippen MR) is 91.4 cm³/mol. The van der Waals surface area contributed by atoms with Crippen LogP contribution in [0, 0.1) is 0 Å². The van der Waals surface area contributed by atoms with Gasteiger partial charge < -0.3 is 15.4 Å². The second kappa shape index (κ2) is 7.82. The number of carboxylic acid groups (broad SMARTS) is 1. The van der Waals surface area contributed by atoms with E-state index in [2.05, 4.69) is 10.3 Å². The molecule has 0 saturated carbocycles. The summed E-state index contributed by atoms with van der Waals surface area (Å²) in [6, 6.07) is 5.40. The molecule has 0 saturated heterocycles. The highest BCUT2D eigenvalue weighted by Crippen LogP contribution is 2.03. The van der Waals surface area contributed by atoms with E-state index < -0.39 is 35.7 Å². The van der Waals surface area contributed by atoms with Gasteiger partial charge in [-0.1, -0.05) is 12.1 Å². The minimum absolute atomic E-state index is 0.255. The fraction of sp³-hybridized carbons (Fsp3) is 0.333. The number of thioether (sulfide) groups is 1. The zero-order chi connectivity index (χ0) is 17.7. The first-order chi connectivity index (χ1) is 11.4. The highest BCUT2D eigenvalue weighted by Gasteiger charge is 2.20. The van der Waals surface area contributed by atoms with Crippen molar-refractivity contribution in [2.75, 3.05) is 12.0 Å². The van der Waals surface area contributed by atoms with Crippen molar-refractivity contribution in [3.8, 4) is 0 Å². The number of aromatic amines is 1. The van der Waals surface area contributed by atoms with Crippen LogP contribution in [-0.4, -0.2) is 44.6 Å². The summed E-state index contributed by atoms with van der Waals surface area (Å²) < 4.78 is 0.755. The van der Waals surface area contributed by atoms with E-state index >= 15 is 0 Å². The van der Waals surface area contributed by atoms with Crippen molar-refractivity contribution >= 4 is 34.5 Å². The molecule has 0 aliphatic rings. The number of nitrogens with zero attached hydrogens (tertiary/aromatic N) is 1. The molecule has 9 heteroatoms. The molecule has 0 radical (unpaired) electrons. The highest BCUT2D eigenvalue weighted by molar-refractivity contribution is 7.98. The van der Waals surface area contributed by atoms with Crippen molar-refractivity contribution in [2.24, 2.45) is 0 Å². The fourth-order valence-electron chi connectivity index (χ4n) is 2.22. The molecule has 0 spiro atoms. The van der Waals surface area contributed by atoms with Crippen LogP contribution >= 0.6 is 11.8 Å². The smallest absolute Gasteiger partial charge is 0.329 e. The van der Waals surface area contributed by atoms with Gasteiger partial charge in [0.25, 0.3) is 5.56 Å². The summed E-state index contributed by atoms with van der Waals surface area (Å²) >= 11 is 1.46. The van der Waals surface area contributed by atoms with Gasteiger partial charge in [-0.15, -0.1) is 0 Å². The summed E-state index contributed by atoms with van der Waals surface area (Å²) in [6.07, 6.45) is 2.08. The zero-order valence-electron chi connectivity index (χ0n) is 12.9. The molecule has 1 atom stereocenters. The summed E-state index contributed by atoms with van der Waals surface area (Å²) in [6.45, 7) is -0.540. The van der Waals surface area contributed by atoms with E-state index in [0.29, 0.717) is 11.3 Å². The number of aromatic nitrogens is 2. The van der Waals surface area contributed by atoms with Crippen molar-refractivity contribution in [3.63, 3.8) is 0 Å². The Labute approximate surface area is 140 Å². The maximum atomic E-state index is 12.3. The number of rotatable bonds is 7. The van der Waals surface area contributed by atoms with Crippen molar-refractivity contribution in [3.05, 3.63) is 45.1 Å². The molecule has 1 aromatic heterocycles. The number of carbonyl (C=O) groups excluding carboxylic acids is 1. The van der Waals surface area contributed by atoms with Crippen molar-refractivity contribution in [2.45, 2.75) is 19.0 Å². The molecule has 0 aliphatic carbocycles. The molecule has 0 fully saturated rings. The summed E-state index contributed by atoms with van der Waals surface area (Å²) in [7, 11) is 0. The molecular weight excluding hydrogens is 334 g/mol. The third-order valence-electron chi connectivity index (χ3n) is 3.44. The lowest BCUT2D eigenvalue weighted by molar-refractivity contribution is -0.142. The van der Waals surface area contributed by atoms with Crippen LogP contribution in [0.15, 0.2) is 33.9 Å². The number of para-hydroxylation sites is 1. The lowest BCUT2D eigenvalue weighted by Gasteiger charge is -2.14. The van der Waals surface area contributed by atoms with Gasteiger partial charge in [-0.25, -0.2) is 9.59 Å². The summed E-state index contributed by atoms with van der Waals surface area (Å²) in [5.74, 6) is -1.29. The van der Waals surface area contributed by atoms with Crippen LogP contribution in [-0.2, 0) is 16.1 Å². The first-order valence-corrected chi connectivity index (χ1v) is 8.56. The molecule has 1 amide bonds. The Kier molecular flexibility index (Phi) is 5.80. The Balaban J connectivity index is 2.23. The van der Waals surface area contributed by atoms with Crippen LogP contribution in [0.1, 0.15) is 6.42 Å². The maximum Gasteiger partial charge on any atom is 0.329 e. The largest absolute Gasteiger partial charge is 0.480 e. The van der Waals surface area contributed by atoms with Gasteiger partial charge in [-0.3, -0.25) is 14.2 Å². The normalized spacial score (nSPS) is 12.0. The Morgan fingerprint density at radius 2 is 2.04 bits per heavy atom. The van der Waals surface area contributed by atoms with E-state index in [-0.39, 0.29) is 11.8 Å². The average molecular weight is 351 g/mol. The third-order valence-corrected chi connectivity index (χ3v) is 4.08. The van der Waals surface area contributed by atoms with Crippen LogP contribution in [0.25, 0.3) is 10.9 Å². The van der Waals surface area contributed by atoms with Crippen LogP contribution in [0.5, 0.6) is 0 Å². The lowest BCUT2D eigenvalue weighted by atomic mass is 10.2. The molecule has 0 bridgehead atoms. The monoisotopic (exact) mass is 351 g/mol. The predicted octanol–water partition coefficient (Wildman–Crippen LogP) is 0.0123. The van der Waals surface area contributed by atoms with E-state index in [4.69, 9.17) is 5.11 Å². The third kappa shape index (κ3) is 4.05. The first kappa shape index (κ1) is 17.8. The minimum Gasteiger partial charge on any atom is -0.480 e. The number of carbonyl (C=O) groups is 2. The highest BCUT2D eigenvalue weighted by atomic mass is 32.2. The second-order valence-corrected chi connectivity index (χ2v) is 6.09. The van der Waals surface area contributed by atoms with Crippen molar-refractivity contribution in [1.29, 1.82) is 0 Å². The quantitative estimate of drug-likeness (QED) is 0.646. The van der Waals surface area contributed by atoms with Gasteiger partial charge in [-0.2, -0.15) is 11.8 Å². The molecule has 24 heavy (non-hydrogen) atoms. The van der Waals surface area contributed by atoms with Crippen LogP contribution < -0.4 is 16.6 Å². The summed E-state index contributed by atoms with van der Waals surface area (Å²) in [4.78, 5) is 50.0. The van der Waals surface area contributed by atoms with Crippen molar-refractivity contribution < 1.29 is 14.7 Å². The van der Waals surface area contributed by atoms with Gasteiger partial charge in [0.05, 0.1) is 10.9 Å². The first-order valence-electron chi connectivity index (χ1n) is 7.17. The van der Waals surface area contributed by atoms with Gasteiger partial charge >= 0.3 is 11.7 Å². The molecular formula is C15H17N3O5S. The SMILES string of the molecule is CSCC[C@H](NC(=O)Cn1c(=O)[nH]c2ccccc2c1=O)C(=O)O. The number of nitrogens with one attached hydrogen (secondary N) is 2. The lowest BCUT2D eigenvalue weighted by Crippen LogP contribution is -2.46. The van der Waals surface area contributed by atoms with Gasteiger partial charge in [0.1, 0.15) is 12.6 Å². The van der Waals surface area contributed by atoms with E-state index in [9.17, 15) is 19.2 Å². The van der Waals surface area contributed by atoms with Crippen LogP contribution in [0.2, 0.25) is 0 Å². The van der Waals surface area contributed by atoms with Crippen LogP contribution in [0.4, 0.5) is 0 Å².